The summed E-state index contributed by atoms with van der Waals surface area (Å²) in [6.45, 7) is 1.50. The van der Waals surface area contributed by atoms with Gasteiger partial charge >= 0.3 is 0 Å². The van der Waals surface area contributed by atoms with Gasteiger partial charge in [0.15, 0.2) is 0 Å². The number of likely N-dealkylation sites (tertiary alicyclic amines) is 1. The lowest BCUT2D eigenvalue weighted by molar-refractivity contribution is -0.134. The summed E-state index contributed by atoms with van der Waals surface area (Å²) in [6.07, 6.45) is 1.82. The van der Waals surface area contributed by atoms with Gasteiger partial charge in [-0.05, 0) is 44.1 Å². The number of hydrogen-bond donors (Lipinski definition) is 1. The van der Waals surface area contributed by atoms with E-state index in [1.807, 2.05) is 41.3 Å². The Balaban J connectivity index is 1.61. The second-order valence-electron chi connectivity index (χ2n) is 8.55. The first kappa shape index (κ1) is 24.0. The van der Waals surface area contributed by atoms with Crippen LogP contribution in [-0.4, -0.2) is 61.3 Å². The van der Waals surface area contributed by atoms with Gasteiger partial charge in [-0.25, -0.2) is 5.01 Å². The van der Waals surface area contributed by atoms with E-state index in [0.29, 0.717) is 48.9 Å². The first-order chi connectivity index (χ1) is 16.4. The third kappa shape index (κ3) is 5.03. The molecule has 1 saturated heterocycles. The Kier molecular flexibility index (Phi) is 7.38. The van der Waals surface area contributed by atoms with Crippen molar-refractivity contribution in [1.29, 1.82) is 0 Å². The van der Waals surface area contributed by atoms with Crippen LogP contribution in [0.4, 0.5) is 0 Å². The summed E-state index contributed by atoms with van der Waals surface area (Å²) in [5, 5.41) is 6.86. The van der Waals surface area contributed by atoms with E-state index >= 15 is 0 Å². The van der Waals surface area contributed by atoms with E-state index < -0.39 is 0 Å². The molecule has 0 aromatic heterocycles. The minimum atomic E-state index is -0.345. The molecule has 2 aliphatic heterocycles. The highest BCUT2D eigenvalue weighted by molar-refractivity contribution is 6.34. The van der Waals surface area contributed by atoms with Gasteiger partial charge in [0.25, 0.3) is 5.91 Å². The number of ether oxygens (including phenoxy) is 2. The van der Waals surface area contributed by atoms with E-state index in [4.69, 9.17) is 31.9 Å². The number of nitrogens with two attached hydrogens (primary N) is 1. The van der Waals surface area contributed by atoms with Gasteiger partial charge in [0, 0.05) is 34.6 Å². The molecular formula is C25H29ClN4O4. The molecule has 2 N–H and O–H groups in total. The second kappa shape index (κ2) is 10.4. The number of carbonyl (C=O) groups excluding carboxylic acids is 2. The van der Waals surface area contributed by atoms with Crippen LogP contribution in [0.15, 0.2) is 47.6 Å². The first-order valence-electron chi connectivity index (χ1n) is 11.3. The molecule has 2 aromatic rings. The smallest absolute Gasteiger partial charge is 0.257 e. The monoisotopic (exact) mass is 484 g/mol. The molecule has 8 nitrogen and oxygen atoms in total. The average molecular weight is 485 g/mol. The van der Waals surface area contributed by atoms with Gasteiger partial charge < -0.3 is 15.2 Å². The number of primary amides is 1. The number of rotatable bonds is 7. The summed E-state index contributed by atoms with van der Waals surface area (Å²) >= 11 is 6.45. The minimum absolute atomic E-state index is 0.123. The van der Waals surface area contributed by atoms with Crippen LogP contribution >= 0.6 is 11.6 Å². The van der Waals surface area contributed by atoms with Crippen molar-refractivity contribution in [3.63, 3.8) is 0 Å². The molecule has 4 rings (SSSR count). The molecule has 2 aliphatic rings. The van der Waals surface area contributed by atoms with E-state index in [9.17, 15) is 9.59 Å². The highest BCUT2D eigenvalue weighted by Gasteiger charge is 2.36. The number of carbonyl (C=O) groups is 2. The first-order valence-corrected chi connectivity index (χ1v) is 11.7. The molecule has 0 radical (unpaired) electrons. The summed E-state index contributed by atoms with van der Waals surface area (Å²) in [5.74, 6) is 0.772. The molecule has 9 heteroatoms. The number of halogens is 1. The SMILES string of the molecule is COc1ccc([C@H]2CC(c3ccccc3Cl)=NN2C(=O)CN2CCC(C(N)=O)CC2)c(OC)c1. The van der Waals surface area contributed by atoms with Crippen LogP contribution in [0.3, 0.4) is 0 Å². The number of amides is 2. The van der Waals surface area contributed by atoms with Gasteiger partial charge in [0.1, 0.15) is 11.5 Å². The quantitative estimate of drug-likeness (QED) is 0.650. The number of nitrogens with zero attached hydrogens (tertiary/aromatic N) is 3. The summed E-state index contributed by atoms with van der Waals surface area (Å²) in [5.41, 5.74) is 7.84. The number of hydrogen-bond acceptors (Lipinski definition) is 6. The zero-order valence-electron chi connectivity index (χ0n) is 19.4. The van der Waals surface area contributed by atoms with Crippen molar-refractivity contribution in [2.75, 3.05) is 33.9 Å². The number of methoxy groups -OCH3 is 2. The van der Waals surface area contributed by atoms with Gasteiger partial charge in [-0.1, -0.05) is 29.8 Å². The predicted molar refractivity (Wildman–Crippen MR) is 130 cm³/mol. The molecule has 0 spiro atoms. The average Bonchev–Trinajstić information content (AvgIpc) is 3.29. The summed E-state index contributed by atoms with van der Waals surface area (Å²) in [7, 11) is 3.19. The van der Waals surface area contributed by atoms with Gasteiger partial charge in [0.05, 0.1) is 32.5 Å². The Labute approximate surface area is 204 Å². The van der Waals surface area contributed by atoms with Crippen LogP contribution < -0.4 is 15.2 Å². The zero-order chi connectivity index (χ0) is 24.2. The van der Waals surface area contributed by atoms with Crippen LogP contribution in [0.1, 0.15) is 36.4 Å². The summed E-state index contributed by atoms with van der Waals surface area (Å²) < 4.78 is 11.0. The molecule has 2 amide bonds. The lowest BCUT2D eigenvalue weighted by atomic mass is 9.96. The molecule has 1 fully saturated rings. The molecule has 0 aliphatic carbocycles. The largest absolute Gasteiger partial charge is 0.497 e. The maximum Gasteiger partial charge on any atom is 0.257 e. The number of hydrazone groups is 1. The van der Waals surface area contributed by atoms with E-state index in [-0.39, 0.29) is 30.3 Å². The highest BCUT2D eigenvalue weighted by atomic mass is 35.5. The van der Waals surface area contributed by atoms with Crippen molar-refractivity contribution >= 4 is 29.1 Å². The van der Waals surface area contributed by atoms with Crippen molar-refractivity contribution in [3.05, 3.63) is 58.6 Å². The normalized spacial score (nSPS) is 19.1. The Morgan fingerprint density at radius 3 is 2.50 bits per heavy atom. The zero-order valence-corrected chi connectivity index (χ0v) is 20.1. The van der Waals surface area contributed by atoms with Gasteiger partial charge in [0.2, 0.25) is 5.91 Å². The third-order valence-corrected chi connectivity index (χ3v) is 6.83. The van der Waals surface area contributed by atoms with Crippen LogP contribution in [0.2, 0.25) is 5.02 Å². The fourth-order valence-corrected chi connectivity index (χ4v) is 4.82. The molecule has 34 heavy (non-hydrogen) atoms. The van der Waals surface area contributed by atoms with E-state index in [1.165, 1.54) is 0 Å². The number of piperidine rings is 1. The lowest BCUT2D eigenvalue weighted by Gasteiger charge is -2.31. The molecule has 1 atom stereocenters. The van der Waals surface area contributed by atoms with Crippen molar-refractivity contribution < 1.29 is 19.1 Å². The van der Waals surface area contributed by atoms with Crippen LogP contribution in [-0.2, 0) is 9.59 Å². The Morgan fingerprint density at radius 1 is 1.12 bits per heavy atom. The van der Waals surface area contributed by atoms with Gasteiger partial charge in [-0.2, -0.15) is 5.10 Å². The van der Waals surface area contributed by atoms with Crippen LogP contribution in [0, 0.1) is 5.92 Å². The van der Waals surface area contributed by atoms with E-state index in [1.54, 1.807) is 25.3 Å². The van der Waals surface area contributed by atoms with E-state index in [0.717, 1.165) is 16.8 Å². The maximum atomic E-state index is 13.5. The fourth-order valence-electron chi connectivity index (χ4n) is 4.57. The molecule has 0 bridgehead atoms. The van der Waals surface area contributed by atoms with Crippen molar-refractivity contribution in [1.82, 2.24) is 9.91 Å². The third-order valence-electron chi connectivity index (χ3n) is 6.50. The topological polar surface area (TPSA) is 97.5 Å². The van der Waals surface area contributed by atoms with Crippen molar-refractivity contribution in [2.45, 2.75) is 25.3 Å². The van der Waals surface area contributed by atoms with Crippen LogP contribution in [0.25, 0.3) is 0 Å². The maximum absolute atomic E-state index is 13.5. The second-order valence-corrected chi connectivity index (χ2v) is 8.95. The standard InChI is InChI=1S/C25H29ClN4O4/c1-33-17-7-8-19(23(13-17)34-2)22-14-21(18-5-3-4-6-20(18)26)28-30(22)24(31)15-29-11-9-16(10-12-29)25(27)32/h3-8,13,16,22H,9-12,14-15H2,1-2H3,(H2,27,32)/t22-/m1/s1. The highest BCUT2D eigenvalue weighted by Crippen LogP contribution is 2.40. The molecule has 2 heterocycles. The fraction of sp³-hybridized carbons (Fsp3) is 0.400. The predicted octanol–water partition coefficient (Wildman–Crippen LogP) is 3.23. The molecule has 0 unspecified atom stereocenters. The lowest BCUT2D eigenvalue weighted by Crippen LogP contribution is -2.44. The van der Waals surface area contributed by atoms with Crippen LogP contribution in [0.5, 0.6) is 11.5 Å². The van der Waals surface area contributed by atoms with Gasteiger partial charge in [-0.3, -0.25) is 14.5 Å². The molecule has 2 aromatic carbocycles. The Bertz CT molecular complexity index is 1100. The van der Waals surface area contributed by atoms with Gasteiger partial charge in [-0.15, -0.1) is 0 Å². The molecular weight excluding hydrogens is 456 g/mol. The van der Waals surface area contributed by atoms with Crippen molar-refractivity contribution in [3.8, 4) is 11.5 Å². The Hall–Kier alpha value is -3.10. The number of benzene rings is 2. The summed E-state index contributed by atoms with van der Waals surface area (Å²) in [6, 6.07) is 12.7. The minimum Gasteiger partial charge on any atom is -0.497 e. The van der Waals surface area contributed by atoms with Crippen molar-refractivity contribution in [2.24, 2.45) is 16.8 Å². The molecule has 0 saturated carbocycles. The Morgan fingerprint density at radius 2 is 1.85 bits per heavy atom. The summed E-state index contributed by atoms with van der Waals surface area (Å²) in [4.78, 5) is 27.0. The molecule has 180 valence electrons. The van der Waals surface area contributed by atoms with E-state index in [2.05, 4.69) is 0 Å².